The molecule has 1 amide bonds. The molecule has 0 spiro atoms. The number of rotatable bonds is 9. The Morgan fingerprint density at radius 3 is 2.28 bits per heavy atom. The Morgan fingerprint density at radius 2 is 1.76 bits per heavy atom. The zero-order valence-electron chi connectivity index (χ0n) is 15.3. The third-order valence-electron chi connectivity index (χ3n) is 4.55. The highest BCUT2D eigenvalue weighted by molar-refractivity contribution is 14.1. The van der Waals surface area contributed by atoms with Crippen molar-refractivity contribution in [2.75, 3.05) is 19.0 Å². The molecule has 1 aromatic rings. The minimum atomic E-state index is -0.508. The Labute approximate surface area is 172 Å². The summed E-state index contributed by atoms with van der Waals surface area (Å²) in [4.78, 5) is 23.9. The van der Waals surface area contributed by atoms with Crippen LogP contribution in [0.1, 0.15) is 45.6 Å². The molecule has 4 nitrogen and oxygen atoms in total. The first-order valence-electron chi connectivity index (χ1n) is 8.34. The summed E-state index contributed by atoms with van der Waals surface area (Å²) in [5.74, 6) is 0.188. The molecule has 1 rings (SSSR count). The highest BCUT2D eigenvalue weighted by atomic mass is 127. The van der Waals surface area contributed by atoms with E-state index in [-0.39, 0.29) is 11.2 Å². The maximum atomic E-state index is 12.6. The first-order valence-corrected chi connectivity index (χ1v) is 10.5. The van der Waals surface area contributed by atoms with Crippen LogP contribution in [0.15, 0.2) is 24.3 Å². The fourth-order valence-corrected chi connectivity index (χ4v) is 3.71. The van der Waals surface area contributed by atoms with E-state index in [9.17, 15) is 9.59 Å². The van der Waals surface area contributed by atoms with Gasteiger partial charge in [-0.15, -0.1) is 0 Å². The highest BCUT2D eigenvalue weighted by Gasteiger charge is 2.34. The van der Waals surface area contributed by atoms with Crippen molar-refractivity contribution in [3.8, 4) is 0 Å². The lowest BCUT2D eigenvalue weighted by Crippen LogP contribution is -2.34. The van der Waals surface area contributed by atoms with E-state index in [0.717, 1.165) is 28.4 Å². The van der Waals surface area contributed by atoms with Gasteiger partial charge in [-0.3, -0.25) is 4.79 Å². The summed E-state index contributed by atoms with van der Waals surface area (Å²) in [5, 5.41) is 2.80. The zero-order chi connectivity index (χ0) is 19.1. The van der Waals surface area contributed by atoms with E-state index in [2.05, 4.69) is 57.7 Å². The van der Waals surface area contributed by atoms with Gasteiger partial charge in [0, 0.05) is 10.6 Å². The molecule has 0 aliphatic heterocycles. The summed E-state index contributed by atoms with van der Waals surface area (Å²) in [7, 11) is 1.55. The summed E-state index contributed by atoms with van der Waals surface area (Å²) < 4.78 is 6.33. The summed E-state index contributed by atoms with van der Waals surface area (Å²) >= 11 is 5.59. The van der Waals surface area contributed by atoms with Crippen LogP contribution in [0.2, 0.25) is 0 Å². The number of Topliss-reactive ketones (excluding diaryl/α,β-unsaturated/α-hetero) is 1. The topological polar surface area (TPSA) is 55.4 Å². The molecule has 0 saturated carbocycles. The Kier molecular flexibility index (Phi) is 8.87. The molecular formula is C19H27BrINO3. The standard InChI is InChI=1S/C19H27BrINO3/c1-18(2,13-25-17(24)22-4)10-5-11-19(3,16(23)12-20)14-6-8-15(21)9-7-14/h6-9H,5,10-13H2,1-4H3,(H,22,24). The second-order valence-corrected chi connectivity index (χ2v) is 9.05. The number of benzene rings is 1. The van der Waals surface area contributed by atoms with Gasteiger partial charge in [0.15, 0.2) is 5.78 Å². The molecule has 0 bridgehead atoms. The van der Waals surface area contributed by atoms with Gasteiger partial charge < -0.3 is 10.1 Å². The number of ketones is 1. The normalized spacial score (nSPS) is 13.8. The fourth-order valence-electron chi connectivity index (χ4n) is 2.74. The van der Waals surface area contributed by atoms with E-state index in [1.54, 1.807) is 7.05 Å². The van der Waals surface area contributed by atoms with Crippen molar-refractivity contribution in [1.82, 2.24) is 5.32 Å². The van der Waals surface area contributed by atoms with E-state index in [1.807, 2.05) is 31.2 Å². The van der Waals surface area contributed by atoms with Crippen LogP contribution in [0.4, 0.5) is 4.79 Å². The maximum Gasteiger partial charge on any atom is 0.406 e. The molecule has 1 unspecified atom stereocenters. The average molecular weight is 524 g/mol. The number of hydrogen-bond acceptors (Lipinski definition) is 3. The van der Waals surface area contributed by atoms with Crippen LogP contribution in [0.3, 0.4) is 0 Å². The predicted octanol–water partition coefficient (Wildman–Crippen LogP) is 5.07. The lowest BCUT2D eigenvalue weighted by molar-refractivity contribution is -0.121. The first kappa shape index (κ1) is 22.4. The van der Waals surface area contributed by atoms with Crippen LogP contribution >= 0.6 is 38.5 Å². The number of amides is 1. The molecule has 25 heavy (non-hydrogen) atoms. The van der Waals surface area contributed by atoms with E-state index < -0.39 is 11.5 Å². The highest BCUT2D eigenvalue weighted by Crippen LogP contribution is 2.34. The Balaban J connectivity index is 2.75. The quantitative estimate of drug-likeness (QED) is 0.363. The second-order valence-electron chi connectivity index (χ2n) is 7.24. The molecule has 6 heteroatoms. The van der Waals surface area contributed by atoms with Crippen LogP contribution < -0.4 is 5.32 Å². The van der Waals surface area contributed by atoms with E-state index >= 15 is 0 Å². The molecule has 1 atom stereocenters. The number of halogens is 2. The maximum absolute atomic E-state index is 12.6. The number of ether oxygens (including phenoxy) is 1. The van der Waals surface area contributed by atoms with E-state index in [1.165, 1.54) is 0 Å². The minimum Gasteiger partial charge on any atom is -0.449 e. The summed E-state index contributed by atoms with van der Waals surface area (Å²) in [6.45, 7) is 6.53. The summed E-state index contributed by atoms with van der Waals surface area (Å²) in [6.07, 6.45) is 2.11. The Morgan fingerprint density at radius 1 is 1.16 bits per heavy atom. The van der Waals surface area contributed by atoms with Crippen LogP contribution in [-0.4, -0.2) is 30.9 Å². The van der Waals surface area contributed by atoms with Gasteiger partial charge in [-0.2, -0.15) is 0 Å². The SMILES string of the molecule is CNC(=O)OCC(C)(C)CCCC(C)(C(=O)CBr)c1ccc(I)cc1. The molecular weight excluding hydrogens is 497 g/mol. The van der Waals surface area contributed by atoms with Gasteiger partial charge in [-0.25, -0.2) is 4.79 Å². The van der Waals surface area contributed by atoms with Gasteiger partial charge in [0.05, 0.1) is 17.4 Å². The smallest absolute Gasteiger partial charge is 0.406 e. The van der Waals surface area contributed by atoms with Crippen molar-refractivity contribution in [2.24, 2.45) is 5.41 Å². The molecule has 0 saturated heterocycles. The monoisotopic (exact) mass is 523 g/mol. The van der Waals surface area contributed by atoms with Gasteiger partial charge in [-0.05, 0) is 65.5 Å². The van der Waals surface area contributed by atoms with E-state index in [0.29, 0.717) is 11.9 Å². The van der Waals surface area contributed by atoms with Gasteiger partial charge in [0.1, 0.15) is 0 Å². The molecule has 0 aliphatic rings. The molecule has 1 N–H and O–H groups in total. The van der Waals surface area contributed by atoms with Crippen molar-refractivity contribution in [3.63, 3.8) is 0 Å². The number of alkyl halides is 1. The third kappa shape index (κ3) is 6.89. The van der Waals surface area contributed by atoms with Crippen LogP contribution in [0.5, 0.6) is 0 Å². The van der Waals surface area contributed by atoms with Gasteiger partial charge in [-0.1, -0.05) is 48.3 Å². The Bertz CT molecular complexity index is 589. The zero-order valence-corrected chi connectivity index (χ0v) is 19.1. The van der Waals surface area contributed by atoms with Crippen LogP contribution in [0.25, 0.3) is 0 Å². The molecule has 0 fully saturated rings. The van der Waals surface area contributed by atoms with Crippen molar-refractivity contribution in [2.45, 2.75) is 45.4 Å². The molecule has 0 aliphatic carbocycles. The first-order chi connectivity index (χ1) is 11.6. The molecule has 0 aromatic heterocycles. The van der Waals surface area contributed by atoms with Crippen LogP contribution in [-0.2, 0) is 14.9 Å². The number of nitrogens with one attached hydrogen (secondary N) is 1. The van der Waals surface area contributed by atoms with Gasteiger partial charge in [0.2, 0.25) is 0 Å². The molecule has 140 valence electrons. The number of carbonyl (C=O) groups excluding carboxylic acids is 2. The predicted molar refractivity (Wildman–Crippen MR) is 113 cm³/mol. The van der Waals surface area contributed by atoms with Crippen molar-refractivity contribution >= 4 is 50.4 Å². The van der Waals surface area contributed by atoms with Gasteiger partial charge in [0.25, 0.3) is 0 Å². The van der Waals surface area contributed by atoms with Crippen molar-refractivity contribution in [3.05, 3.63) is 33.4 Å². The van der Waals surface area contributed by atoms with Crippen molar-refractivity contribution < 1.29 is 14.3 Å². The minimum absolute atomic E-state index is 0.128. The van der Waals surface area contributed by atoms with Crippen LogP contribution in [0, 0.1) is 8.99 Å². The molecule has 0 radical (unpaired) electrons. The Hall–Kier alpha value is -0.630. The van der Waals surface area contributed by atoms with E-state index in [4.69, 9.17) is 4.74 Å². The summed E-state index contributed by atoms with van der Waals surface area (Å²) in [5.41, 5.74) is 0.416. The largest absolute Gasteiger partial charge is 0.449 e. The van der Waals surface area contributed by atoms with Crippen molar-refractivity contribution in [1.29, 1.82) is 0 Å². The van der Waals surface area contributed by atoms with Gasteiger partial charge >= 0.3 is 6.09 Å². The number of hydrogen-bond donors (Lipinski definition) is 1. The lowest BCUT2D eigenvalue weighted by atomic mass is 9.74. The number of carbonyl (C=O) groups is 2. The second kappa shape index (κ2) is 9.90. The fraction of sp³-hybridized carbons (Fsp3) is 0.579. The summed E-state index contributed by atoms with van der Waals surface area (Å²) in [6, 6.07) is 8.16. The molecule has 1 aromatic carbocycles. The third-order valence-corrected chi connectivity index (χ3v) is 5.78. The molecule has 0 heterocycles. The average Bonchev–Trinajstić information content (AvgIpc) is 2.59. The number of alkyl carbamates (subject to hydrolysis) is 1. The lowest BCUT2D eigenvalue weighted by Gasteiger charge is -2.30.